The molecule has 1 unspecified atom stereocenters. The van der Waals surface area contributed by atoms with Gasteiger partial charge in [0.05, 0.1) is 0 Å². The monoisotopic (exact) mass is 651 g/mol. The van der Waals surface area contributed by atoms with Crippen LogP contribution in [0.1, 0.15) is 207 Å². The maximum Gasteiger partial charge on any atom is 0.306 e. The van der Waals surface area contributed by atoms with Crippen LogP contribution in [0.15, 0.2) is 12.2 Å². The number of carbonyl (C=O) groups is 3. The highest BCUT2D eigenvalue weighted by atomic mass is 16.6. The van der Waals surface area contributed by atoms with E-state index >= 15 is 0 Å². The second kappa shape index (κ2) is 36.0. The Balaban J connectivity index is 4.25. The summed E-state index contributed by atoms with van der Waals surface area (Å²) in [5.74, 6) is -0.896. The van der Waals surface area contributed by atoms with E-state index in [1.54, 1.807) is 0 Å². The van der Waals surface area contributed by atoms with E-state index in [-0.39, 0.29) is 31.1 Å². The van der Waals surface area contributed by atoms with Crippen molar-refractivity contribution in [3.63, 3.8) is 0 Å². The van der Waals surface area contributed by atoms with Gasteiger partial charge in [0.25, 0.3) is 0 Å². The van der Waals surface area contributed by atoms with Crippen molar-refractivity contribution in [1.82, 2.24) is 0 Å². The van der Waals surface area contributed by atoms with Crippen LogP contribution in [-0.4, -0.2) is 37.2 Å². The zero-order valence-electron chi connectivity index (χ0n) is 30.6. The maximum atomic E-state index is 12.5. The van der Waals surface area contributed by atoms with Crippen LogP contribution in [0, 0.1) is 0 Å². The number of unbranched alkanes of at least 4 members (excludes halogenated alkanes) is 22. The van der Waals surface area contributed by atoms with E-state index in [4.69, 9.17) is 14.2 Å². The molecule has 0 aliphatic heterocycles. The molecule has 0 N–H and O–H groups in total. The van der Waals surface area contributed by atoms with E-state index in [0.29, 0.717) is 19.3 Å². The van der Waals surface area contributed by atoms with Crippen LogP contribution < -0.4 is 0 Å². The third-order valence-corrected chi connectivity index (χ3v) is 8.50. The third kappa shape index (κ3) is 33.5. The molecule has 46 heavy (non-hydrogen) atoms. The first kappa shape index (κ1) is 44.1. The number of hydrogen-bond acceptors (Lipinski definition) is 6. The van der Waals surface area contributed by atoms with Crippen molar-refractivity contribution >= 4 is 17.9 Å². The first-order chi connectivity index (χ1) is 22.5. The van der Waals surface area contributed by atoms with Gasteiger partial charge >= 0.3 is 17.9 Å². The number of hydrogen-bond donors (Lipinski definition) is 0. The topological polar surface area (TPSA) is 78.9 Å². The Morgan fingerprint density at radius 1 is 0.413 bits per heavy atom. The van der Waals surface area contributed by atoms with E-state index in [1.807, 2.05) is 0 Å². The van der Waals surface area contributed by atoms with Crippen molar-refractivity contribution < 1.29 is 28.6 Å². The number of rotatable bonds is 35. The van der Waals surface area contributed by atoms with E-state index < -0.39 is 6.10 Å². The minimum Gasteiger partial charge on any atom is -0.462 e. The summed E-state index contributed by atoms with van der Waals surface area (Å²) in [5.41, 5.74) is 0. The largest absolute Gasteiger partial charge is 0.462 e. The highest BCUT2D eigenvalue weighted by Crippen LogP contribution is 2.14. The number of allylic oxidation sites excluding steroid dienone is 2. The van der Waals surface area contributed by atoms with Gasteiger partial charge in [-0.05, 0) is 38.5 Å². The molecule has 0 fully saturated rings. The number of ether oxygens (including phenoxy) is 3. The molecule has 0 aromatic carbocycles. The van der Waals surface area contributed by atoms with E-state index in [2.05, 4.69) is 32.9 Å². The Hall–Kier alpha value is -1.85. The predicted octanol–water partition coefficient (Wildman–Crippen LogP) is 11.9. The fourth-order valence-corrected chi connectivity index (χ4v) is 5.50. The Morgan fingerprint density at radius 3 is 1.17 bits per heavy atom. The number of esters is 3. The predicted molar refractivity (Wildman–Crippen MR) is 192 cm³/mol. The fraction of sp³-hybridized carbons (Fsp3) is 0.875. The zero-order chi connectivity index (χ0) is 33.8. The highest BCUT2D eigenvalue weighted by Gasteiger charge is 2.19. The van der Waals surface area contributed by atoms with Gasteiger partial charge in [-0.3, -0.25) is 14.4 Å². The molecule has 270 valence electrons. The van der Waals surface area contributed by atoms with Gasteiger partial charge in [-0.25, -0.2) is 0 Å². The zero-order valence-corrected chi connectivity index (χ0v) is 30.6. The summed E-state index contributed by atoms with van der Waals surface area (Å²) >= 11 is 0. The summed E-state index contributed by atoms with van der Waals surface area (Å²) in [7, 11) is 0. The van der Waals surface area contributed by atoms with Crippen molar-refractivity contribution in [2.24, 2.45) is 0 Å². The molecule has 0 amide bonds. The summed E-state index contributed by atoms with van der Waals surface area (Å²) in [5, 5.41) is 0. The average molecular weight is 651 g/mol. The molecule has 0 aliphatic rings. The lowest BCUT2D eigenvalue weighted by atomic mass is 10.0. The van der Waals surface area contributed by atoms with E-state index in [0.717, 1.165) is 83.5 Å². The van der Waals surface area contributed by atoms with Crippen molar-refractivity contribution in [1.29, 1.82) is 0 Å². The van der Waals surface area contributed by atoms with Gasteiger partial charge in [0.15, 0.2) is 6.10 Å². The van der Waals surface area contributed by atoms with Gasteiger partial charge in [-0.1, -0.05) is 161 Å². The van der Waals surface area contributed by atoms with Gasteiger partial charge in [-0.15, -0.1) is 0 Å². The summed E-state index contributed by atoms with van der Waals surface area (Å²) in [4.78, 5) is 37.2. The molecule has 0 bridgehead atoms. The Morgan fingerprint density at radius 2 is 0.761 bits per heavy atom. The molecule has 1 atom stereocenters. The molecule has 0 radical (unpaired) electrons. The highest BCUT2D eigenvalue weighted by molar-refractivity contribution is 5.71. The Kier molecular flexibility index (Phi) is 34.5. The minimum atomic E-state index is -0.762. The molecule has 0 aromatic heterocycles. The second-order valence-electron chi connectivity index (χ2n) is 13.2. The lowest BCUT2D eigenvalue weighted by molar-refractivity contribution is -0.167. The van der Waals surface area contributed by atoms with Crippen LogP contribution in [0.2, 0.25) is 0 Å². The molecule has 0 spiro atoms. The van der Waals surface area contributed by atoms with Crippen molar-refractivity contribution in [3.8, 4) is 0 Å². The molecule has 0 heterocycles. The minimum absolute atomic E-state index is 0.0711. The van der Waals surface area contributed by atoms with Crippen LogP contribution >= 0.6 is 0 Å². The molecule has 0 saturated carbocycles. The van der Waals surface area contributed by atoms with Crippen molar-refractivity contribution in [3.05, 3.63) is 12.2 Å². The third-order valence-electron chi connectivity index (χ3n) is 8.50. The van der Waals surface area contributed by atoms with Crippen LogP contribution in [-0.2, 0) is 28.6 Å². The van der Waals surface area contributed by atoms with Crippen LogP contribution in [0.5, 0.6) is 0 Å². The molecule has 6 heteroatoms. The average Bonchev–Trinajstić information content (AvgIpc) is 3.05. The molecule has 0 saturated heterocycles. The van der Waals surface area contributed by atoms with E-state index in [9.17, 15) is 14.4 Å². The summed E-state index contributed by atoms with van der Waals surface area (Å²) in [6.07, 6.45) is 35.1. The Labute approximate surface area is 284 Å². The molecular weight excluding hydrogens is 576 g/mol. The fourth-order valence-electron chi connectivity index (χ4n) is 5.50. The van der Waals surface area contributed by atoms with Crippen LogP contribution in [0.3, 0.4) is 0 Å². The summed E-state index contributed by atoms with van der Waals surface area (Å²) in [6.45, 7) is 6.47. The summed E-state index contributed by atoms with van der Waals surface area (Å²) < 4.78 is 16.5. The van der Waals surface area contributed by atoms with Crippen molar-refractivity contribution in [2.75, 3.05) is 13.2 Å². The molecule has 0 aromatic rings. The van der Waals surface area contributed by atoms with Crippen molar-refractivity contribution in [2.45, 2.75) is 213 Å². The smallest absolute Gasteiger partial charge is 0.306 e. The lowest BCUT2D eigenvalue weighted by Gasteiger charge is -2.18. The summed E-state index contributed by atoms with van der Waals surface area (Å²) in [6, 6.07) is 0. The molecular formula is C40H74O6. The Bertz CT molecular complexity index is 719. The van der Waals surface area contributed by atoms with Crippen LogP contribution in [0.4, 0.5) is 0 Å². The van der Waals surface area contributed by atoms with Gasteiger partial charge in [-0.2, -0.15) is 0 Å². The standard InChI is InChI=1S/C40H74O6/c1-4-7-10-13-15-17-19-20-21-23-24-27-30-33-39(42)45-36-37(35-44-38(41)32-29-26-12-9-6-3)46-40(43)34-31-28-25-22-18-16-14-11-8-5-2/h11,14,37H,4-10,12-13,15-36H2,1-3H3/b14-11-. The maximum absolute atomic E-state index is 12.5. The van der Waals surface area contributed by atoms with Crippen LogP contribution in [0.25, 0.3) is 0 Å². The molecule has 6 nitrogen and oxygen atoms in total. The quantitative estimate of drug-likeness (QED) is 0.0294. The number of carbonyl (C=O) groups excluding carboxylic acids is 3. The normalized spacial score (nSPS) is 12.0. The van der Waals surface area contributed by atoms with Gasteiger partial charge in [0.2, 0.25) is 0 Å². The SMILES string of the molecule is CCC/C=C\CCCCCCCC(=O)OC(COC(=O)CCCCCCC)COC(=O)CCCCCCCCCCCCCCC. The van der Waals surface area contributed by atoms with Gasteiger partial charge < -0.3 is 14.2 Å². The van der Waals surface area contributed by atoms with E-state index in [1.165, 1.54) is 83.5 Å². The first-order valence-corrected chi connectivity index (χ1v) is 19.7. The molecule has 0 rings (SSSR count). The lowest BCUT2D eigenvalue weighted by Crippen LogP contribution is -2.30. The first-order valence-electron chi connectivity index (χ1n) is 19.7. The second-order valence-corrected chi connectivity index (χ2v) is 13.2. The van der Waals surface area contributed by atoms with Gasteiger partial charge in [0.1, 0.15) is 13.2 Å². The van der Waals surface area contributed by atoms with Gasteiger partial charge in [0, 0.05) is 19.3 Å². The molecule has 0 aliphatic carbocycles.